The predicted octanol–water partition coefficient (Wildman–Crippen LogP) is 4.91. The van der Waals surface area contributed by atoms with Gasteiger partial charge in [0.1, 0.15) is 10.9 Å². The molecule has 0 spiro atoms. The van der Waals surface area contributed by atoms with E-state index in [-0.39, 0.29) is 11.1 Å². The van der Waals surface area contributed by atoms with Gasteiger partial charge in [-0.25, -0.2) is 4.98 Å². The van der Waals surface area contributed by atoms with E-state index in [4.69, 9.17) is 20.8 Å². The number of hydrogen-bond donors (Lipinski definition) is 0. The quantitative estimate of drug-likeness (QED) is 0.552. The average Bonchev–Trinajstić information content (AvgIpc) is 2.26. The van der Waals surface area contributed by atoms with Crippen LogP contribution in [0.15, 0.2) is 18.3 Å². The number of pyridine rings is 1. The van der Waals surface area contributed by atoms with Gasteiger partial charge in [-0.3, -0.25) is 0 Å². The van der Waals surface area contributed by atoms with Gasteiger partial charge in [0.05, 0.1) is 6.10 Å². The zero-order valence-electron chi connectivity index (χ0n) is 13.4. The first-order chi connectivity index (χ1) is 9.12. The van der Waals surface area contributed by atoms with E-state index >= 15 is 0 Å². The second-order valence-electron chi connectivity index (χ2n) is 6.64. The Hall–Kier alpha value is -0.583. The van der Waals surface area contributed by atoms with E-state index in [1.54, 1.807) is 12.3 Å². The fraction of sp³-hybridized carbons (Fsp3) is 0.667. The molecule has 1 atom stereocenters. The van der Waals surface area contributed by atoms with Crippen LogP contribution in [0.2, 0.25) is 23.3 Å². The average molecular weight is 316 g/mol. The predicted molar refractivity (Wildman–Crippen MR) is 87.1 cm³/mol. The highest BCUT2D eigenvalue weighted by Gasteiger charge is 2.36. The lowest BCUT2D eigenvalue weighted by Crippen LogP contribution is -2.41. The van der Waals surface area contributed by atoms with E-state index in [2.05, 4.69) is 38.8 Å². The van der Waals surface area contributed by atoms with Gasteiger partial charge in [0, 0.05) is 25.3 Å². The van der Waals surface area contributed by atoms with E-state index in [1.807, 2.05) is 13.0 Å². The van der Waals surface area contributed by atoms with Crippen LogP contribution < -0.4 is 4.74 Å². The summed E-state index contributed by atoms with van der Waals surface area (Å²) in [5.74, 6) is 0.754. The molecular formula is C15H26ClNO2Si. The molecule has 0 aliphatic rings. The molecule has 1 aromatic heterocycles. The van der Waals surface area contributed by atoms with Crippen molar-refractivity contribution in [3.05, 3.63) is 23.5 Å². The zero-order valence-corrected chi connectivity index (χ0v) is 15.1. The lowest BCUT2D eigenvalue weighted by atomic mass is 10.2. The minimum absolute atomic E-state index is 0.0956. The van der Waals surface area contributed by atoms with Gasteiger partial charge in [-0.05, 0) is 31.1 Å². The first kappa shape index (κ1) is 17.5. The molecule has 0 N–H and O–H groups in total. The van der Waals surface area contributed by atoms with Crippen molar-refractivity contribution >= 4 is 19.9 Å². The molecule has 1 aromatic rings. The first-order valence-electron chi connectivity index (χ1n) is 7.04. The van der Waals surface area contributed by atoms with Crippen molar-refractivity contribution in [3.63, 3.8) is 0 Å². The zero-order chi connectivity index (χ0) is 15.4. The Morgan fingerprint density at radius 1 is 1.35 bits per heavy atom. The standard InChI is InChI=1S/C15H26ClNO2Si/c1-12(19-13-7-9-17-14(16)11-13)8-10-18-20(5,6)15(2,3)4/h7,9,11-12H,8,10H2,1-6H3. The van der Waals surface area contributed by atoms with Gasteiger partial charge in [-0.1, -0.05) is 32.4 Å². The molecule has 0 bridgehead atoms. The summed E-state index contributed by atoms with van der Waals surface area (Å²) in [6.45, 7) is 14.1. The minimum atomic E-state index is -1.66. The normalized spacial score (nSPS) is 14.2. The van der Waals surface area contributed by atoms with E-state index in [9.17, 15) is 0 Å². The summed E-state index contributed by atoms with van der Waals surface area (Å²) in [6, 6.07) is 3.55. The molecule has 0 aromatic carbocycles. The summed E-state index contributed by atoms with van der Waals surface area (Å²) in [5, 5.41) is 0.697. The molecule has 1 unspecified atom stereocenters. The van der Waals surface area contributed by atoms with E-state index in [0.717, 1.165) is 18.8 Å². The molecule has 0 fully saturated rings. The summed E-state index contributed by atoms with van der Waals surface area (Å²) in [5.41, 5.74) is 0. The van der Waals surface area contributed by atoms with Gasteiger partial charge in [-0.2, -0.15) is 0 Å². The fourth-order valence-corrected chi connectivity index (χ4v) is 2.67. The molecule has 3 nitrogen and oxygen atoms in total. The number of ether oxygens (including phenoxy) is 1. The van der Waals surface area contributed by atoms with Gasteiger partial charge >= 0.3 is 0 Å². The minimum Gasteiger partial charge on any atom is -0.490 e. The third-order valence-corrected chi connectivity index (χ3v) is 8.57. The van der Waals surface area contributed by atoms with Crippen molar-refractivity contribution in [2.75, 3.05) is 6.61 Å². The summed E-state index contributed by atoms with van der Waals surface area (Å²) in [4.78, 5) is 3.93. The molecule has 1 heterocycles. The van der Waals surface area contributed by atoms with Crippen LogP contribution in [0.4, 0.5) is 0 Å². The van der Waals surface area contributed by atoms with Crippen LogP contribution in [-0.4, -0.2) is 26.0 Å². The third-order valence-electron chi connectivity index (χ3n) is 3.83. The highest BCUT2D eigenvalue weighted by Crippen LogP contribution is 2.36. The van der Waals surface area contributed by atoms with Gasteiger partial charge in [-0.15, -0.1) is 0 Å². The van der Waals surface area contributed by atoms with Gasteiger partial charge in [0.2, 0.25) is 0 Å². The summed E-state index contributed by atoms with van der Waals surface area (Å²) >= 11 is 5.83. The number of aromatic nitrogens is 1. The van der Waals surface area contributed by atoms with E-state index in [1.165, 1.54) is 0 Å². The van der Waals surface area contributed by atoms with Crippen LogP contribution in [0.25, 0.3) is 0 Å². The molecule has 0 aliphatic carbocycles. The third kappa shape index (κ3) is 5.42. The second-order valence-corrected chi connectivity index (χ2v) is 11.8. The molecule has 114 valence electrons. The smallest absolute Gasteiger partial charge is 0.191 e. The molecule has 0 saturated heterocycles. The Kier molecular flexibility index (Phi) is 6.04. The fourth-order valence-electron chi connectivity index (χ4n) is 1.45. The van der Waals surface area contributed by atoms with Crippen molar-refractivity contribution in [2.24, 2.45) is 0 Å². The first-order valence-corrected chi connectivity index (χ1v) is 10.3. The highest BCUT2D eigenvalue weighted by atomic mass is 35.5. The van der Waals surface area contributed by atoms with Crippen molar-refractivity contribution in [2.45, 2.75) is 58.4 Å². The molecule has 1 rings (SSSR count). The molecule has 0 amide bonds. The molecule has 0 radical (unpaired) electrons. The van der Waals surface area contributed by atoms with Crippen molar-refractivity contribution < 1.29 is 9.16 Å². The van der Waals surface area contributed by atoms with Crippen LogP contribution in [0.1, 0.15) is 34.1 Å². The number of hydrogen-bond acceptors (Lipinski definition) is 3. The Labute approximate surface area is 128 Å². The highest BCUT2D eigenvalue weighted by molar-refractivity contribution is 6.74. The monoisotopic (exact) mass is 315 g/mol. The lowest BCUT2D eigenvalue weighted by Gasteiger charge is -2.36. The lowest BCUT2D eigenvalue weighted by molar-refractivity contribution is 0.170. The number of rotatable bonds is 6. The van der Waals surface area contributed by atoms with Crippen LogP contribution in [0, 0.1) is 0 Å². The van der Waals surface area contributed by atoms with E-state index in [0.29, 0.717) is 5.15 Å². The Morgan fingerprint density at radius 2 is 2.00 bits per heavy atom. The number of halogens is 1. The van der Waals surface area contributed by atoms with Gasteiger partial charge in [0.25, 0.3) is 0 Å². The molecule has 0 aliphatic heterocycles. The SMILES string of the molecule is CC(CCO[Si](C)(C)C(C)(C)C)Oc1ccnc(Cl)c1. The molecule has 0 saturated carbocycles. The van der Waals surface area contributed by atoms with Gasteiger partial charge < -0.3 is 9.16 Å². The maximum Gasteiger partial charge on any atom is 0.191 e. The topological polar surface area (TPSA) is 31.4 Å². The summed E-state index contributed by atoms with van der Waals surface area (Å²) < 4.78 is 12.0. The van der Waals surface area contributed by atoms with Crippen LogP contribution >= 0.6 is 11.6 Å². The van der Waals surface area contributed by atoms with Crippen molar-refractivity contribution in [1.29, 1.82) is 0 Å². The molecular weight excluding hydrogens is 290 g/mol. The Bertz CT molecular complexity index is 432. The van der Waals surface area contributed by atoms with Crippen LogP contribution in [-0.2, 0) is 4.43 Å². The van der Waals surface area contributed by atoms with Crippen LogP contribution in [0.5, 0.6) is 5.75 Å². The van der Waals surface area contributed by atoms with Crippen molar-refractivity contribution in [1.82, 2.24) is 4.98 Å². The maximum absolute atomic E-state index is 6.15. The summed E-state index contributed by atoms with van der Waals surface area (Å²) in [7, 11) is -1.66. The second kappa shape index (κ2) is 6.92. The van der Waals surface area contributed by atoms with E-state index < -0.39 is 8.32 Å². The van der Waals surface area contributed by atoms with Gasteiger partial charge in [0.15, 0.2) is 8.32 Å². The molecule has 20 heavy (non-hydrogen) atoms. The molecule has 5 heteroatoms. The summed E-state index contributed by atoms with van der Waals surface area (Å²) in [6.07, 6.45) is 2.61. The number of nitrogens with zero attached hydrogens (tertiary/aromatic N) is 1. The largest absolute Gasteiger partial charge is 0.490 e. The Morgan fingerprint density at radius 3 is 2.55 bits per heavy atom. The van der Waals surface area contributed by atoms with Crippen molar-refractivity contribution in [3.8, 4) is 5.75 Å². The Balaban J connectivity index is 2.39. The maximum atomic E-state index is 6.15. The van der Waals surface area contributed by atoms with Crippen LogP contribution in [0.3, 0.4) is 0 Å².